The lowest BCUT2D eigenvalue weighted by atomic mass is 10.1. The van der Waals surface area contributed by atoms with Gasteiger partial charge in [-0.25, -0.2) is 4.98 Å². The van der Waals surface area contributed by atoms with E-state index >= 15 is 0 Å². The Morgan fingerprint density at radius 2 is 2.10 bits per heavy atom. The van der Waals surface area contributed by atoms with Crippen LogP contribution < -0.4 is 11.1 Å². The molecule has 0 aliphatic heterocycles. The number of hydrogen-bond donors (Lipinski definition) is 2. The fourth-order valence-electron chi connectivity index (χ4n) is 2.46. The molecule has 2 aromatic rings. The maximum absolute atomic E-state index is 12.0. The summed E-state index contributed by atoms with van der Waals surface area (Å²) in [4.78, 5) is 16.1. The molecule has 0 saturated heterocycles. The van der Waals surface area contributed by atoms with Crippen molar-refractivity contribution < 1.29 is 4.79 Å². The van der Waals surface area contributed by atoms with Crippen molar-refractivity contribution in [2.75, 3.05) is 16.8 Å². The van der Waals surface area contributed by atoms with Crippen LogP contribution in [0.5, 0.6) is 0 Å². The van der Waals surface area contributed by atoms with Crippen molar-refractivity contribution in [1.29, 1.82) is 0 Å². The van der Waals surface area contributed by atoms with E-state index in [0.29, 0.717) is 11.4 Å². The van der Waals surface area contributed by atoms with E-state index in [-0.39, 0.29) is 5.91 Å². The van der Waals surface area contributed by atoms with Gasteiger partial charge in [-0.05, 0) is 54.7 Å². The molecule has 1 amide bonds. The Morgan fingerprint density at radius 1 is 1.24 bits per heavy atom. The van der Waals surface area contributed by atoms with Crippen LogP contribution in [0, 0.1) is 0 Å². The van der Waals surface area contributed by atoms with Crippen LogP contribution in [0.15, 0.2) is 41.6 Å². The van der Waals surface area contributed by atoms with Crippen molar-refractivity contribution in [2.45, 2.75) is 24.3 Å². The number of nitrogens with two attached hydrogens (primary N) is 1. The number of aromatic nitrogens is 1. The van der Waals surface area contributed by atoms with Crippen molar-refractivity contribution in [3.05, 3.63) is 47.7 Å². The largest absolute Gasteiger partial charge is 0.397 e. The van der Waals surface area contributed by atoms with Gasteiger partial charge in [-0.2, -0.15) is 0 Å². The number of hydrogen-bond acceptors (Lipinski definition) is 4. The van der Waals surface area contributed by atoms with Crippen molar-refractivity contribution in [3.63, 3.8) is 0 Å². The minimum atomic E-state index is -0.0171. The molecule has 0 atom stereocenters. The maximum atomic E-state index is 12.0. The average molecular weight is 299 g/mol. The highest BCUT2D eigenvalue weighted by molar-refractivity contribution is 7.99. The molecule has 1 aromatic heterocycles. The van der Waals surface area contributed by atoms with Gasteiger partial charge in [0.25, 0.3) is 0 Å². The SMILES string of the molecule is Nc1ccc(SCC(=O)Nc2ccc3c(c2)CCC3)nc1. The summed E-state index contributed by atoms with van der Waals surface area (Å²) in [6.07, 6.45) is 5.08. The molecule has 21 heavy (non-hydrogen) atoms. The number of amides is 1. The number of benzene rings is 1. The fourth-order valence-corrected chi connectivity index (χ4v) is 3.11. The third-order valence-electron chi connectivity index (χ3n) is 3.49. The Labute approximate surface area is 128 Å². The van der Waals surface area contributed by atoms with E-state index < -0.39 is 0 Å². The van der Waals surface area contributed by atoms with Gasteiger partial charge in [0.15, 0.2) is 0 Å². The van der Waals surface area contributed by atoms with Gasteiger partial charge in [0.2, 0.25) is 5.91 Å². The summed E-state index contributed by atoms with van der Waals surface area (Å²) in [5, 5.41) is 3.74. The molecule has 0 bridgehead atoms. The van der Waals surface area contributed by atoms with Gasteiger partial charge in [-0.1, -0.05) is 17.8 Å². The quantitative estimate of drug-likeness (QED) is 0.852. The Hall–Kier alpha value is -2.01. The molecular weight excluding hydrogens is 282 g/mol. The molecule has 0 unspecified atom stereocenters. The number of fused-ring (bicyclic) bond motifs is 1. The van der Waals surface area contributed by atoms with Gasteiger partial charge < -0.3 is 11.1 Å². The van der Waals surface area contributed by atoms with E-state index in [0.717, 1.165) is 23.6 Å². The van der Waals surface area contributed by atoms with Crippen LogP contribution in [0.25, 0.3) is 0 Å². The summed E-state index contributed by atoms with van der Waals surface area (Å²) < 4.78 is 0. The van der Waals surface area contributed by atoms with Gasteiger partial charge in [0.1, 0.15) is 0 Å². The molecule has 0 spiro atoms. The van der Waals surface area contributed by atoms with Crippen LogP contribution >= 0.6 is 11.8 Å². The number of carbonyl (C=O) groups is 1. The second kappa shape index (κ2) is 6.18. The molecule has 1 aromatic carbocycles. The molecule has 0 saturated carbocycles. The molecular formula is C16H17N3OS. The first-order valence-corrected chi connectivity index (χ1v) is 7.95. The number of thioether (sulfide) groups is 1. The van der Waals surface area contributed by atoms with Crippen molar-refractivity contribution >= 4 is 29.0 Å². The molecule has 1 aliphatic carbocycles. The first-order valence-electron chi connectivity index (χ1n) is 6.97. The highest BCUT2D eigenvalue weighted by Crippen LogP contribution is 2.25. The monoisotopic (exact) mass is 299 g/mol. The number of aryl methyl sites for hydroxylation is 2. The minimum Gasteiger partial charge on any atom is -0.397 e. The van der Waals surface area contributed by atoms with Crippen LogP contribution in [-0.4, -0.2) is 16.6 Å². The highest BCUT2D eigenvalue weighted by atomic mass is 32.2. The Kier molecular flexibility index (Phi) is 4.10. The molecule has 0 fully saturated rings. The summed E-state index contributed by atoms with van der Waals surface area (Å²) in [5.41, 5.74) is 9.86. The predicted octanol–water partition coefficient (Wildman–Crippen LogP) is 2.88. The lowest BCUT2D eigenvalue weighted by Crippen LogP contribution is -2.14. The Balaban J connectivity index is 1.55. The lowest BCUT2D eigenvalue weighted by Gasteiger charge is -2.07. The summed E-state index contributed by atoms with van der Waals surface area (Å²) in [7, 11) is 0. The Morgan fingerprint density at radius 3 is 2.90 bits per heavy atom. The second-order valence-electron chi connectivity index (χ2n) is 5.10. The third-order valence-corrected chi connectivity index (χ3v) is 4.44. The van der Waals surface area contributed by atoms with Crippen LogP contribution in [0.3, 0.4) is 0 Å². The summed E-state index contributed by atoms with van der Waals surface area (Å²) >= 11 is 1.40. The van der Waals surface area contributed by atoms with Gasteiger partial charge >= 0.3 is 0 Å². The number of anilines is 2. The lowest BCUT2D eigenvalue weighted by molar-refractivity contribution is -0.113. The maximum Gasteiger partial charge on any atom is 0.234 e. The van der Waals surface area contributed by atoms with E-state index in [4.69, 9.17) is 5.73 Å². The van der Waals surface area contributed by atoms with Crippen LogP contribution in [-0.2, 0) is 17.6 Å². The van der Waals surface area contributed by atoms with E-state index in [1.54, 1.807) is 12.3 Å². The molecule has 1 heterocycles. The second-order valence-corrected chi connectivity index (χ2v) is 6.10. The number of pyridine rings is 1. The summed E-state index contributed by atoms with van der Waals surface area (Å²) in [6.45, 7) is 0. The minimum absolute atomic E-state index is 0.0171. The van der Waals surface area contributed by atoms with Gasteiger partial charge in [0.05, 0.1) is 22.7 Å². The van der Waals surface area contributed by atoms with Crippen LogP contribution in [0.1, 0.15) is 17.5 Å². The number of nitrogens with zero attached hydrogens (tertiary/aromatic N) is 1. The zero-order valence-corrected chi connectivity index (χ0v) is 12.5. The molecule has 1 aliphatic rings. The molecule has 3 N–H and O–H groups in total. The topological polar surface area (TPSA) is 68.0 Å². The van der Waals surface area contributed by atoms with E-state index in [1.807, 2.05) is 12.1 Å². The summed E-state index contributed by atoms with van der Waals surface area (Å²) in [5.74, 6) is 0.324. The fraction of sp³-hybridized carbons (Fsp3) is 0.250. The van der Waals surface area contributed by atoms with Crippen LogP contribution in [0.4, 0.5) is 11.4 Å². The number of carbonyl (C=O) groups excluding carboxylic acids is 1. The van der Waals surface area contributed by atoms with E-state index in [9.17, 15) is 4.79 Å². The Bertz CT molecular complexity index is 655. The first kappa shape index (κ1) is 13.9. The average Bonchev–Trinajstić information content (AvgIpc) is 2.94. The zero-order chi connectivity index (χ0) is 14.7. The number of nitrogens with one attached hydrogen (secondary N) is 1. The third kappa shape index (κ3) is 3.55. The van der Waals surface area contributed by atoms with E-state index in [2.05, 4.69) is 22.4 Å². The highest BCUT2D eigenvalue weighted by Gasteiger charge is 2.12. The van der Waals surface area contributed by atoms with Crippen molar-refractivity contribution in [1.82, 2.24) is 4.98 Å². The number of nitrogen functional groups attached to an aromatic ring is 1. The van der Waals surface area contributed by atoms with Gasteiger partial charge in [0, 0.05) is 5.69 Å². The standard InChI is InChI=1S/C16H17N3OS/c17-13-5-7-16(18-9-13)21-10-15(20)19-14-6-4-11-2-1-3-12(11)8-14/h4-9H,1-3,10,17H2,(H,19,20). The molecule has 108 valence electrons. The van der Waals surface area contributed by atoms with Gasteiger partial charge in [-0.3, -0.25) is 4.79 Å². The molecule has 5 heteroatoms. The first-order chi connectivity index (χ1) is 10.2. The van der Waals surface area contributed by atoms with Crippen molar-refractivity contribution in [3.8, 4) is 0 Å². The smallest absolute Gasteiger partial charge is 0.234 e. The van der Waals surface area contributed by atoms with E-state index in [1.165, 1.54) is 29.3 Å². The zero-order valence-electron chi connectivity index (χ0n) is 11.6. The normalized spacial score (nSPS) is 13.0. The molecule has 4 nitrogen and oxygen atoms in total. The summed E-state index contributed by atoms with van der Waals surface area (Å²) in [6, 6.07) is 9.80. The molecule has 0 radical (unpaired) electrons. The van der Waals surface area contributed by atoms with Crippen LogP contribution in [0.2, 0.25) is 0 Å². The molecule has 3 rings (SSSR count). The van der Waals surface area contributed by atoms with Gasteiger partial charge in [-0.15, -0.1) is 0 Å². The van der Waals surface area contributed by atoms with Crippen molar-refractivity contribution in [2.24, 2.45) is 0 Å². The number of rotatable bonds is 4. The predicted molar refractivity (Wildman–Crippen MR) is 86.5 cm³/mol.